The Morgan fingerprint density at radius 2 is 1.57 bits per heavy atom. The highest BCUT2D eigenvalue weighted by atomic mass is 32.1. The Morgan fingerprint density at radius 3 is 2.07 bits per heavy atom. The van der Waals surface area contributed by atoms with Crippen LogP contribution < -0.4 is 21.7 Å². The molecule has 166 valence electrons. The third-order valence-electron chi connectivity index (χ3n) is 4.43. The van der Waals surface area contributed by atoms with E-state index in [4.69, 9.17) is 5.73 Å². The second-order valence-corrected chi connectivity index (χ2v) is 7.70. The number of thiol groups is 1. The molecule has 4 atom stereocenters. The van der Waals surface area contributed by atoms with Crippen LogP contribution in [0.15, 0.2) is 30.3 Å². The lowest BCUT2D eigenvalue weighted by atomic mass is 10.0. The summed E-state index contributed by atoms with van der Waals surface area (Å²) in [7, 11) is 0. The Bertz CT molecular complexity index is 744. The lowest BCUT2D eigenvalue weighted by Gasteiger charge is -2.25. The summed E-state index contributed by atoms with van der Waals surface area (Å²) in [5.41, 5.74) is 6.37. The van der Waals surface area contributed by atoms with E-state index in [2.05, 4.69) is 28.6 Å². The van der Waals surface area contributed by atoms with Gasteiger partial charge in [-0.3, -0.25) is 14.4 Å². The summed E-state index contributed by atoms with van der Waals surface area (Å²) in [6.07, 6.45) is 0.152. The number of nitrogens with two attached hydrogens (primary N) is 1. The second kappa shape index (κ2) is 12.2. The first-order valence-corrected chi connectivity index (χ1v) is 10.2. The standard InChI is InChI=1S/C20H30N4O5S/c1-11(2)16(20(28)29)24-19(27)15(9-13-7-5-4-6-8-13)23-17(25)12(3)22-18(26)14(21)10-30/h4-8,11-12,14-16,30H,9-10,21H2,1-3H3,(H,22,26)(H,23,25)(H,24,27)(H,28,29). The molecule has 1 aromatic carbocycles. The van der Waals surface area contributed by atoms with Crippen molar-refractivity contribution < 1.29 is 24.3 Å². The summed E-state index contributed by atoms with van der Waals surface area (Å²) < 4.78 is 0. The SMILES string of the molecule is CC(NC(=O)C(N)CS)C(=O)NC(Cc1ccccc1)C(=O)NC(C(=O)O)C(C)C. The lowest BCUT2D eigenvalue weighted by Crippen LogP contribution is -2.57. The molecule has 0 heterocycles. The molecule has 0 aliphatic rings. The number of carboxylic acids is 1. The van der Waals surface area contributed by atoms with Crippen LogP contribution in [0, 0.1) is 5.92 Å². The molecule has 0 aromatic heterocycles. The van der Waals surface area contributed by atoms with Crippen molar-refractivity contribution in [3.63, 3.8) is 0 Å². The molecule has 0 saturated heterocycles. The van der Waals surface area contributed by atoms with E-state index < -0.39 is 47.9 Å². The molecule has 4 unspecified atom stereocenters. The van der Waals surface area contributed by atoms with Crippen molar-refractivity contribution in [2.24, 2.45) is 11.7 Å². The lowest BCUT2D eigenvalue weighted by molar-refractivity contribution is -0.143. The van der Waals surface area contributed by atoms with Crippen LogP contribution in [-0.4, -0.2) is 58.7 Å². The summed E-state index contributed by atoms with van der Waals surface area (Å²) in [6.45, 7) is 4.81. The predicted octanol–water partition coefficient (Wildman–Crippen LogP) is -0.299. The van der Waals surface area contributed by atoms with Gasteiger partial charge in [-0.05, 0) is 18.4 Å². The molecule has 0 bridgehead atoms. The second-order valence-electron chi connectivity index (χ2n) is 7.34. The number of carbonyl (C=O) groups is 4. The van der Waals surface area contributed by atoms with E-state index in [0.29, 0.717) is 0 Å². The molecule has 0 aliphatic heterocycles. The van der Waals surface area contributed by atoms with E-state index in [1.54, 1.807) is 38.1 Å². The molecule has 1 rings (SSSR count). The topological polar surface area (TPSA) is 151 Å². The van der Waals surface area contributed by atoms with Crippen molar-refractivity contribution in [3.05, 3.63) is 35.9 Å². The summed E-state index contributed by atoms with van der Waals surface area (Å²) in [5.74, 6) is -3.15. The smallest absolute Gasteiger partial charge is 0.326 e. The van der Waals surface area contributed by atoms with Crippen LogP contribution in [-0.2, 0) is 25.6 Å². The minimum absolute atomic E-state index is 0.116. The first-order chi connectivity index (χ1) is 14.1. The zero-order chi connectivity index (χ0) is 22.8. The zero-order valence-corrected chi connectivity index (χ0v) is 18.2. The Hall–Kier alpha value is -2.59. The third kappa shape index (κ3) is 8.03. The van der Waals surface area contributed by atoms with Gasteiger partial charge in [0.15, 0.2) is 0 Å². The van der Waals surface area contributed by atoms with E-state index in [9.17, 15) is 24.3 Å². The van der Waals surface area contributed by atoms with Crippen molar-refractivity contribution in [2.45, 2.75) is 51.4 Å². The number of nitrogens with one attached hydrogen (secondary N) is 3. The van der Waals surface area contributed by atoms with Gasteiger partial charge in [-0.15, -0.1) is 0 Å². The van der Waals surface area contributed by atoms with Gasteiger partial charge in [0.05, 0.1) is 6.04 Å². The van der Waals surface area contributed by atoms with Gasteiger partial charge in [-0.2, -0.15) is 12.6 Å². The maximum atomic E-state index is 12.8. The van der Waals surface area contributed by atoms with E-state index in [-0.39, 0.29) is 18.1 Å². The molecule has 0 aliphatic carbocycles. The van der Waals surface area contributed by atoms with Crippen molar-refractivity contribution in [2.75, 3.05) is 5.75 Å². The first kappa shape index (κ1) is 25.4. The van der Waals surface area contributed by atoms with Crippen molar-refractivity contribution in [1.82, 2.24) is 16.0 Å². The Morgan fingerprint density at radius 1 is 0.967 bits per heavy atom. The molecule has 1 aromatic rings. The normalized spacial score (nSPS) is 14.9. The van der Waals surface area contributed by atoms with Crippen molar-refractivity contribution in [3.8, 4) is 0 Å². The van der Waals surface area contributed by atoms with Gasteiger partial charge >= 0.3 is 5.97 Å². The van der Waals surface area contributed by atoms with E-state index >= 15 is 0 Å². The minimum Gasteiger partial charge on any atom is -0.480 e. The van der Waals surface area contributed by atoms with Gasteiger partial charge in [0.2, 0.25) is 17.7 Å². The molecule has 3 amide bonds. The van der Waals surface area contributed by atoms with Gasteiger partial charge in [0, 0.05) is 12.2 Å². The summed E-state index contributed by atoms with van der Waals surface area (Å²) in [5, 5.41) is 16.9. The molecule has 30 heavy (non-hydrogen) atoms. The Kier molecular flexibility index (Phi) is 10.3. The average molecular weight is 439 g/mol. The van der Waals surface area contributed by atoms with Crippen molar-refractivity contribution in [1.29, 1.82) is 0 Å². The van der Waals surface area contributed by atoms with Gasteiger partial charge in [-0.25, -0.2) is 4.79 Å². The fourth-order valence-electron chi connectivity index (χ4n) is 2.59. The molecule has 9 nitrogen and oxygen atoms in total. The predicted molar refractivity (Wildman–Crippen MR) is 116 cm³/mol. The molecule has 6 N–H and O–H groups in total. The highest BCUT2D eigenvalue weighted by Crippen LogP contribution is 2.07. The maximum Gasteiger partial charge on any atom is 0.326 e. The zero-order valence-electron chi connectivity index (χ0n) is 17.3. The molecular formula is C20H30N4O5S. The molecule has 0 radical (unpaired) electrons. The largest absolute Gasteiger partial charge is 0.480 e. The van der Waals surface area contributed by atoms with Crippen LogP contribution in [0.3, 0.4) is 0 Å². The number of carbonyl (C=O) groups excluding carboxylic acids is 3. The Labute approximate surface area is 181 Å². The maximum absolute atomic E-state index is 12.8. The van der Waals surface area contributed by atoms with Crippen LogP contribution in [0.1, 0.15) is 26.3 Å². The van der Waals surface area contributed by atoms with Crippen LogP contribution in [0.2, 0.25) is 0 Å². The van der Waals surface area contributed by atoms with Gasteiger partial charge in [0.25, 0.3) is 0 Å². The Balaban J connectivity index is 2.94. The van der Waals surface area contributed by atoms with Crippen LogP contribution in [0.25, 0.3) is 0 Å². The fourth-order valence-corrected chi connectivity index (χ4v) is 2.76. The van der Waals surface area contributed by atoms with Gasteiger partial charge in [0.1, 0.15) is 18.1 Å². The highest BCUT2D eigenvalue weighted by Gasteiger charge is 2.30. The number of benzene rings is 1. The molecule has 0 saturated carbocycles. The number of rotatable bonds is 11. The number of hydrogen-bond acceptors (Lipinski definition) is 6. The van der Waals surface area contributed by atoms with E-state index in [1.807, 2.05) is 6.07 Å². The molecular weight excluding hydrogens is 408 g/mol. The van der Waals surface area contributed by atoms with Crippen molar-refractivity contribution >= 4 is 36.3 Å². The quantitative estimate of drug-likeness (QED) is 0.261. The summed E-state index contributed by atoms with van der Waals surface area (Å²) >= 11 is 3.94. The first-order valence-electron chi connectivity index (χ1n) is 9.61. The molecule has 10 heteroatoms. The number of hydrogen-bond donors (Lipinski definition) is 6. The summed E-state index contributed by atoms with van der Waals surface area (Å²) in [4.78, 5) is 48.7. The highest BCUT2D eigenvalue weighted by molar-refractivity contribution is 7.80. The minimum atomic E-state index is -1.16. The third-order valence-corrected chi connectivity index (χ3v) is 4.83. The number of aliphatic carboxylic acids is 1. The van der Waals surface area contributed by atoms with Gasteiger partial charge in [-0.1, -0.05) is 44.2 Å². The van der Waals surface area contributed by atoms with E-state index in [0.717, 1.165) is 5.56 Å². The van der Waals surface area contributed by atoms with Crippen LogP contribution in [0.4, 0.5) is 0 Å². The summed E-state index contributed by atoms with van der Waals surface area (Å²) in [6, 6.07) is 5.05. The average Bonchev–Trinajstić information content (AvgIpc) is 2.70. The van der Waals surface area contributed by atoms with Crippen LogP contribution in [0.5, 0.6) is 0 Å². The number of amides is 3. The molecule has 0 spiro atoms. The van der Waals surface area contributed by atoms with E-state index in [1.165, 1.54) is 6.92 Å². The van der Waals surface area contributed by atoms with Gasteiger partial charge < -0.3 is 26.8 Å². The number of carboxylic acid groups (broad SMARTS) is 1. The monoisotopic (exact) mass is 438 g/mol. The fraction of sp³-hybridized carbons (Fsp3) is 0.500. The van der Waals surface area contributed by atoms with Crippen LogP contribution >= 0.6 is 12.6 Å². The molecule has 0 fully saturated rings.